The van der Waals surface area contributed by atoms with Crippen LogP contribution >= 0.6 is 12.4 Å². The number of halogens is 1. The Hall–Kier alpha value is -1.88. The third-order valence-electron chi connectivity index (χ3n) is 5.10. The van der Waals surface area contributed by atoms with Crippen LogP contribution in [0.25, 0.3) is 0 Å². The number of rotatable bonds is 7. The summed E-state index contributed by atoms with van der Waals surface area (Å²) in [5.74, 6) is 0.103. The highest BCUT2D eigenvalue weighted by Gasteiger charge is 2.22. The van der Waals surface area contributed by atoms with Gasteiger partial charge >= 0.3 is 0 Å². The molecule has 2 aromatic carbocycles. The fraction of sp³-hybridized carbons (Fsp3) is 0.409. The SMILES string of the molecule is CNC1CCCN(CC(=O)NC(Cc2ccccc2)c2ccccc2)C1.Cl. The van der Waals surface area contributed by atoms with Gasteiger partial charge in [-0.2, -0.15) is 0 Å². The van der Waals surface area contributed by atoms with Crippen LogP contribution in [0.15, 0.2) is 60.7 Å². The van der Waals surface area contributed by atoms with Crippen LogP contribution in [0, 0.1) is 0 Å². The lowest BCUT2D eigenvalue weighted by Crippen LogP contribution is -2.48. The molecule has 2 aromatic rings. The molecule has 0 aromatic heterocycles. The van der Waals surface area contributed by atoms with Gasteiger partial charge < -0.3 is 10.6 Å². The van der Waals surface area contributed by atoms with Gasteiger partial charge in [-0.25, -0.2) is 0 Å². The van der Waals surface area contributed by atoms with Gasteiger partial charge in [0, 0.05) is 12.6 Å². The normalized spacial score (nSPS) is 18.3. The van der Waals surface area contributed by atoms with E-state index in [-0.39, 0.29) is 24.4 Å². The lowest BCUT2D eigenvalue weighted by molar-refractivity contribution is -0.123. The maximum absolute atomic E-state index is 12.7. The molecule has 0 spiro atoms. The molecule has 1 aliphatic heterocycles. The zero-order valence-electron chi connectivity index (χ0n) is 15.9. The van der Waals surface area contributed by atoms with Crippen molar-refractivity contribution >= 4 is 18.3 Å². The number of nitrogens with zero attached hydrogens (tertiary/aromatic N) is 1. The van der Waals surface area contributed by atoms with Crippen molar-refractivity contribution < 1.29 is 4.79 Å². The first kappa shape index (κ1) is 21.4. The summed E-state index contributed by atoms with van der Waals surface area (Å²) in [6, 6.07) is 21.1. The molecule has 2 N–H and O–H groups in total. The van der Waals surface area contributed by atoms with Gasteiger partial charge in [-0.05, 0) is 44.0 Å². The molecule has 5 heteroatoms. The summed E-state index contributed by atoms with van der Waals surface area (Å²) in [7, 11) is 2.00. The lowest BCUT2D eigenvalue weighted by atomic mass is 9.98. The fourth-order valence-corrected chi connectivity index (χ4v) is 3.67. The van der Waals surface area contributed by atoms with E-state index in [4.69, 9.17) is 0 Å². The Morgan fingerprint density at radius 2 is 1.78 bits per heavy atom. The van der Waals surface area contributed by atoms with Crippen molar-refractivity contribution in [1.29, 1.82) is 0 Å². The zero-order valence-corrected chi connectivity index (χ0v) is 16.8. The number of likely N-dealkylation sites (N-methyl/N-ethyl adjacent to an activating group) is 1. The van der Waals surface area contributed by atoms with Gasteiger partial charge in [0.2, 0.25) is 5.91 Å². The van der Waals surface area contributed by atoms with E-state index < -0.39 is 0 Å². The van der Waals surface area contributed by atoms with Crippen molar-refractivity contribution in [3.05, 3.63) is 71.8 Å². The van der Waals surface area contributed by atoms with Crippen molar-refractivity contribution in [3.63, 3.8) is 0 Å². The number of carbonyl (C=O) groups is 1. The molecule has 0 aliphatic carbocycles. The Morgan fingerprint density at radius 1 is 1.11 bits per heavy atom. The Kier molecular flexibility index (Phi) is 8.79. The Morgan fingerprint density at radius 3 is 2.44 bits per heavy atom. The minimum Gasteiger partial charge on any atom is -0.348 e. The Labute approximate surface area is 168 Å². The van der Waals surface area contributed by atoms with Crippen LogP contribution < -0.4 is 10.6 Å². The molecule has 1 aliphatic rings. The van der Waals surface area contributed by atoms with E-state index in [1.54, 1.807) is 0 Å². The number of piperidine rings is 1. The molecule has 0 bridgehead atoms. The summed E-state index contributed by atoms with van der Waals surface area (Å²) in [5.41, 5.74) is 2.38. The van der Waals surface area contributed by atoms with Crippen molar-refractivity contribution in [1.82, 2.24) is 15.5 Å². The number of likely N-dealkylation sites (tertiary alicyclic amines) is 1. The second kappa shape index (κ2) is 11.1. The van der Waals surface area contributed by atoms with Crippen LogP contribution in [0.3, 0.4) is 0 Å². The molecule has 1 amide bonds. The summed E-state index contributed by atoms with van der Waals surface area (Å²) in [5, 5.41) is 6.59. The number of benzene rings is 2. The maximum Gasteiger partial charge on any atom is 0.234 e. The topological polar surface area (TPSA) is 44.4 Å². The molecule has 2 unspecified atom stereocenters. The van der Waals surface area contributed by atoms with Crippen molar-refractivity contribution in [3.8, 4) is 0 Å². The number of amides is 1. The lowest BCUT2D eigenvalue weighted by Gasteiger charge is -2.32. The minimum absolute atomic E-state index is 0. The Balaban J connectivity index is 0.00000261. The van der Waals surface area contributed by atoms with E-state index in [0.29, 0.717) is 12.6 Å². The maximum atomic E-state index is 12.7. The van der Waals surface area contributed by atoms with Gasteiger partial charge in [-0.15, -0.1) is 12.4 Å². The molecule has 146 valence electrons. The standard InChI is InChI=1S/C22H29N3O.ClH/c1-23-20-13-8-14-25(16-20)17-22(26)24-21(19-11-6-3-7-12-19)15-18-9-4-2-5-10-18;/h2-7,9-12,20-21,23H,8,13-17H2,1H3,(H,24,26);1H. The molecule has 27 heavy (non-hydrogen) atoms. The van der Waals surface area contributed by atoms with E-state index in [1.807, 2.05) is 43.4 Å². The third-order valence-corrected chi connectivity index (χ3v) is 5.10. The molecular weight excluding hydrogens is 358 g/mol. The highest BCUT2D eigenvalue weighted by Crippen LogP contribution is 2.18. The van der Waals surface area contributed by atoms with E-state index in [2.05, 4.69) is 39.8 Å². The van der Waals surface area contributed by atoms with Crippen LogP contribution in [0.2, 0.25) is 0 Å². The van der Waals surface area contributed by atoms with Crippen LogP contribution in [0.5, 0.6) is 0 Å². The summed E-state index contributed by atoms with van der Waals surface area (Å²) in [4.78, 5) is 15.0. The van der Waals surface area contributed by atoms with E-state index in [1.165, 1.54) is 12.0 Å². The largest absolute Gasteiger partial charge is 0.348 e. The highest BCUT2D eigenvalue weighted by atomic mass is 35.5. The van der Waals surface area contributed by atoms with Crippen LogP contribution in [-0.2, 0) is 11.2 Å². The highest BCUT2D eigenvalue weighted by molar-refractivity contribution is 5.85. The van der Waals surface area contributed by atoms with Gasteiger partial charge in [0.1, 0.15) is 0 Å². The zero-order chi connectivity index (χ0) is 18.2. The number of carbonyl (C=O) groups excluding carboxylic acids is 1. The Bertz CT molecular complexity index is 680. The van der Waals surface area contributed by atoms with Crippen molar-refractivity contribution in [2.45, 2.75) is 31.3 Å². The van der Waals surface area contributed by atoms with Crippen molar-refractivity contribution in [2.75, 3.05) is 26.7 Å². The van der Waals surface area contributed by atoms with Gasteiger partial charge in [0.05, 0.1) is 12.6 Å². The summed E-state index contributed by atoms with van der Waals surface area (Å²) < 4.78 is 0. The molecule has 3 rings (SSSR count). The smallest absolute Gasteiger partial charge is 0.234 e. The summed E-state index contributed by atoms with van der Waals surface area (Å²) in [6.45, 7) is 2.41. The number of hydrogen-bond donors (Lipinski definition) is 2. The molecule has 1 fully saturated rings. The summed E-state index contributed by atoms with van der Waals surface area (Å²) in [6.07, 6.45) is 3.13. The van der Waals surface area contributed by atoms with Crippen LogP contribution in [0.1, 0.15) is 30.0 Å². The van der Waals surface area contributed by atoms with E-state index >= 15 is 0 Å². The second-order valence-electron chi connectivity index (χ2n) is 7.08. The number of hydrogen-bond acceptors (Lipinski definition) is 3. The van der Waals surface area contributed by atoms with E-state index in [9.17, 15) is 4.79 Å². The van der Waals surface area contributed by atoms with Crippen molar-refractivity contribution in [2.24, 2.45) is 0 Å². The molecule has 0 saturated carbocycles. The third kappa shape index (κ3) is 6.65. The van der Waals surface area contributed by atoms with Crippen LogP contribution in [0.4, 0.5) is 0 Å². The quantitative estimate of drug-likeness (QED) is 0.766. The molecule has 4 nitrogen and oxygen atoms in total. The average molecular weight is 388 g/mol. The molecule has 1 heterocycles. The molecular formula is C22H30ClN3O. The average Bonchev–Trinajstić information content (AvgIpc) is 2.69. The first-order valence-corrected chi connectivity index (χ1v) is 9.52. The van der Waals surface area contributed by atoms with Gasteiger partial charge in [0.15, 0.2) is 0 Å². The predicted octanol–water partition coefficient (Wildman–Crippen LogP) is 3.19. The van der Waals surface area contributed by atoms with Gasteiger partial charge in [-0.1, -0.05) is 60.7 Å². The van der Waals surface area contributed by atoms with Crippen LogP contribution in [-0.4, -0.2) is 43.5 Å². The molecule has 1 saturated heterocycles. The first-order valence-electron chi connectivity index (χ1n) is 9.52. The van der Waals surface area contributed by atoms with Gasteiger partial charge in [-0.3, -0.25) is 9.69 Å². The fourth-order valence-electron chi connectivity index (χ4n) is 3.67. The predicted molar refractivity (Wildman–Crippen MR) is 113 cm³/mol. The first-order chi connectivity index (χ1) is 12.7. The number of nitrogens with one attached hydrogen (secondary N) is 2. The van der Waals surface area contributed by atoms with E-state index in [0.717, 1.165) is 31.5 Å². The summed E-state index contributed by atoms with van der Waals surface area (Å²) >= 11 is 0. The second-order valence-corrected chi connectivity index (χ2v) is 7.08. The van der Waals surface area contributed by atoms with Gasteiger partial charge in [0.25, 0.3) is 0 Å². The molecule has 0 radical (unpaired) electrons. The monoisotopic (exact) mass is 387 g/mol. The minimum atomic E-state index is -0.00372. The molecule has 2 atom stereocenters.